The molecule has 10 nitrogen and oxygen atoms in total. The molecule has 2 aromatic rings. The predicted molar refractivity (Wildman–Crippen MR) is 154 cm³/mol. The summed E-state index contributed by atoms with van der Waals surface area (Å²) in [6.07, 6.45) is 12.3. The molecule has 10 heteroatoms. The molecule has 1 spiro atoms. The van der Waals surface area contributed by atoms with Gasteiger partial charge in [0.05, 0.1) is 18.9 Å². The van der Waals surface area contributed by atoms with Gasteiger partial charge in [-0.15, -0.1) is 0 Å². The van der Waals surface area contributed by atoms with Gasteiger partial charge in [-0.2, -0.15) is 0 Å². The van der Waals surface area contributed by atoms with Gasteiger partial charge in [0, 0.05) is 69.0 Å². The number of carbonyl (C=O) groups is 2. The van der Waals surface area contributed by atoms with E-state index in [1.165, 1.54) is 0 Å². The number of ketones is 1. The summed E-state index contributed by atoms with van der Waals surface area (Å²) in [4.78, 5) is 45.9. The monoisotopic (exact) mass is 545 g/mol. The van der Waals surface area contributed by atoms with Crippen LogP contribution in [0.15, 0.2) is 36.7 Å². The topological polar surface area (TPSA) is 118 Å². The van der Waals surface area contributed by atoms with E-state index >= 15 is 0 Å². The van der Waals surface area contributed by atoms with Crippen LogP contribution in [0.4, 0.5) is 17.5 Å². The molecule has 40 heavy (non-hydrogen) atoms. The summed E-state index contributed by atoms with van der Waals surface area (Å²) in [5.74, 6) is 1.22. The van der Waals surface area contributed by atoms with Gasteiger partial charge in [0.15, 0.2) is 5.78 Å². The van der Waals surface area contributed by atoms with Crippen LogP contribution in [0.25, 0.3) is 11.3 Å². The van der Waals surface area contributed by atoms with Crippen LogP contribution >= 0.6 is 0 Å². The van der Waals surface area contributed by atoms with Crippen LogP contribution in [0, 0.1) is 10.8 Å². The largest absolute Gasteiger partial charge is 0.378 e. The zero-order valence-electron chi connectivity index (χ0n) is 23.3. The van der Waals surface area contributed by atoms with E-state index in [1.807, 2.05) is 11.8 Å². The Hall–Kier alpha value is -3.53. The number of likely N-dealkylation sites (tertiary alicyclic amines) is 1. The highest BCUT2D eigenvalue weighted by Gasteiger charge is 2.57. The minimum Gasteiger partial charge on any atom is -0.378 e. The third kappa shape index (κ3) is 5.16. The lowest BCUT2D eigenvalue weighted by atomic mass is 9.71. The lowest BCUT2D eigenvalue weighted by Crippen LogP contribution is -2.50. The molecule has 1 saturated carbocycles. The fourth-order valence-corrected chi connectivity index (χ4v) is 6.48. The highest BCUT2D eigenvalue weighted by atomic mass is 16.5. The normalized spacial score (nSPS) is 22.1. The number of aromatic nitrogens is 3. The van der Waals surface area contributed by atoms with Crippen LogP contribution in [0.2, 0.25) is 0 Å². The average molecular weight is 546 g/mol. The molecule has 0 atom stereocenters. The smallest absolute Gasteiger partial charge is 0.236 e. The van der Waals surface area contributed by atoms with E-state index in [0.29, 0.717) is 26.1 Å². The van der Waals surface area contributed by atoms with Gasteiger partial charge in [0.25, 0.3) is 0 Å². The Balaban J connectivity index is 1.14. The number of carbonyl (C=O) groups excluding carboxylic acids is 2. The standard InChI is InChI=1S/C30H39N7O3/c1-2-3-25(38)30(4-5-30)27(39)37-12-8-29(9-13-37)6-10-35(11-7-29)23-18-24(22-20-32-28(31)33-21-22)34-26(19-23)36-14-16-40-17-15-36/h2-3,18-21H,4-17H2,1H3,(H2,31,32,33). The molecule has 5 heterocycles. The van der Waals surface area contributed by atoms with Crippen LogP contribution < -0.4 is 15.5 Å². The van der Waals surface area contributed by atoms with Crippen LogP contribution in [0.5, 0.6) is 0 Å². The van der Waals surface area contributed by atoms with Gasteiger partial charge < -0.3 is 25.2 Å². The number of piperidine rings is 2. The van der Waals surface area contributed by atoms with Crippen LogP contribution in [-0.4, -0.2) is 84.0 Å². The van der Waals surface area contributed by atoms with Gasteiger partial charge in [-0.3, -0.25) is 9.59 Å². The van der Waals surface area contributed by atoms with Crippen LogP contribution in [0.1, 0.15) is 45.4 Å². The number of ether oxygens (including phenoxy) is 1. The predicted octanol–water partition coefficient (Wildman–Crippen LogP) is 3.09. The van der Waals surface area contributed by atoms with Crippen LogP contribution in [0.3, 0.4) is 0 Å². The summed E-state index contributed by atoms with van der Waals surface area (Å²) < 4.78 is 5.57. The summed E-state index contributed by atoms with van der Waals surface area (Å²) in [6, 6.07) is 4.33. The molecule has 3 saturated heterocycles. The molecule has 0 radical (unpaired) electrons. The van der Waals surface area contributed by atoms with Crippen molar-refractivity contribution < 1.29 is 14.3 Å². The number of anilines is 3. The van der Waals surface area contributed by atoms with E-state index in [0.717, 1.165) is 87.7 Å². The molecule has 1 aliphatic carbocycles. The summed E-state index contributed by atoms with van der Waals surface area (Å²) in [5, 5.41) is 0. The summed E-state index contributed by atoms with van der Waals surface area (Å²) in [7, 11) is 0. The third-order valence-electron chi connectivity index (χ3n) is 9.35. The quantitative estimate of drug-likeness (QED) is 0.432. The van der Waals surface area contributed by atoms with E-state index in [1.54, 1.807) is 24.5 Å². The number of rotatable bonds is 6. The number of nitrogen functional groups attached to an aromatic ring is 1. The highest BCUT2D eigenvalue weighted by molar-refractivity contribution is 6.13. The molecule has 0 aromatic carbocycles. The Kier molecular flexibility index (Phi) is 7.20. The molecule has 0 unspecified atom stereocenters. The fraction of sp³-hybridized carbons (Fsp3) is 0.567. The molecule has 0 bridgehead atoms. The van der Waals surface area contributed by atoms with E-state index in [4.69, 9.17) is 15.5 Å². The van der Waals surface area contributed by atoms with Crippen molar-refractivity contribution in [3.63, 3.8) is 0 Å². The lowest BCUT2D eigenvalue weighted by molar-refractivity contribution is -0.143. The van der Waals surface area contributed by atoms with Crippen molar-refractivity contribution >= 4 is 29.1 Å². The van der Waals surface area contributed by atoms with Gasteiger partial charge in [-0.1, -0.05) is 6.08 Å². The third-order valence-corrected chi connectivity index (χ3v) is 9.35. The maximum atomic E-state index is 13.3. The summed E-state index contributed by atoms with van der Waals surface area (Å²) in [6.45, 7) is 8.28. The maximum Gasteiger partial charge on any atom is 0.236 e. The first kappa shape index (κ1) is 26.7. The van der Waals surface area contributed by atoms with E-state index in [2.05, 4.69) is 31.9 Å². The van der Waals surface area contributed by atoms with E-state index in [-0.39, 0.29) is 23.1 Å². The van der Waals surface area contributed by atoms with Gasteiger partial charge >= 0.3 is 0 Å². The molecule has 3 aliphatic heterocycles. The number of nitrogens with two attached hydrogens (primary N) is 1. The maximum absolute atomic E-state index is 13.3. The zero-order valence-corrected chi connectivity index (χ0v) is 23.3. The molecule has 2 N–H and O–H groups in total. The van der Waals surface area contributed by atoms with E-state index in [9.17, 15) is 9.59 Å². The van der Waals surface area contributed by atoms with Crippen molar-refractivity contribution in [2.75, 3.05) is 68.0 Å². The number of morpholine rings is 1. The molecule has 2 aromatic heterocycles. The first-order chi connectivity index (χ1) is 19.4. The molecular weight excluding hydrogens is 506 g/mol. The van der Waals surface area contributed by atoms with Crippen molar-refractivity contribution in [3.05, 3.63) is 36.7 Å². The number of allylic oxidation sites excluding steroid dienone is 2. The fourth-order valence-electron chi connectivity index (χ4n) is 6.48. The van der Waals surface area contributed by atoms with Crippen molar-refractivity contribution in [2.45, 2.75) is 45.4 Å². The second kappa shape index (κ2) is 10.8. The van der Waals surface area contributed by atoms with Crippen molar-refractivity contribution in [3.8, 4) is 11.3 Å². The zero-order chi connectivity index (χ0) is 27.7. The molecule has 6 rings (SSSR count). The van der Waals surface area contributed by atoms with Crippen molar-refractivity contribution in [1.82, 2.24) is 19.9 Å². The van der Waals surface area contributed by atoms with Gasteiger partial charge in [0.2, 0.25) is 11.9 Å². The number of nitrogens with zero attached hydrogens (tertiary/aromatic N) is 6. The van der Waals surface area contributed by atoms with Crippen molar-refractivity contribution in [1.29, 1.82) is 0 Å². The Morgan fingerprint density at radius 1 is 0.900 bits per heavy atom. The lowest BCUT2D eigenvalue weighted by Gasteiger charge is -2.48. The van der Waals surface area contributed by atoms with Crippen molar-refractivity contribution in [2.24, 2.45) is 10.8 Å². The minimum atomic E-state index is -0.771. The first-order valence-electron chi connectivity index (χ1n) is 14.6. The number of amides is 1. The van der Waals surface area contributed by atoms with Gasteiger partial charge in [-0.05, 0) is 63.0 Å². The Labute approximate surface area is 235 Å². The second-order valence-corrected chi connectivity index (χ2v) is 11.7. The molecule has 4 fully saturated rings. The highest BCUT2D eigenvalue weighted by Crippen LogP contribution is 2.50. The first-order valence-corrected chi connectivity index (χ1v) is 14.6. The second-order valence-electron chi connectivity index (χ2n) is 11.7. The van der Waals surface area contributed by atoms with Gasteiger partial charge in [-0.25, -0.2) is 15.0 Å². The Bertz CT molecular complexity index is 1270. The van der Waals surface area contributed by atoms with Gasteiger partial charge in [0.1, 0.15) is 11.2 Å². The van der Waals surface area contributed by atoms with Crippen LogP contribution in [-0.2, 0) is 14.3 Å². The molecule has 212 valence electrons. The summed E-state index contributed by atoms with van der Waals surface area (Å²) >= 11 is 0. The van der Waals surface area contributed by atoms with E-state index < -0.39 is 5.41 Å². The molecule has 1 amide bonds. The number of pyridine rings is 1. The molecular formula is C30H39N7O3. The number of hydrogen-bond acceptors (Lipinski definition) is 9. The number of hydrogen-bond donors (Lipinski definition) is 1. The summed E-state index contributed by atoms with van der Waals surface area (Å²) in [5.41, 5.74) is 8.05. The average Bonchev–Trinajstić information content (AvgIpc) is 3.81. The minimum absolute atomic E-state index is 0.0210. The molecule has 4 aliphatic rings. The SMILES string of the molecule is CC=CC(=O)C1(C(=O)N2CCC3(CC2)CCN(c2cc(-c4cnc(N)nc4)nc(N4CCOCC4)c2)CC3)CC1. The Morgan fingerprint density at radius 2 is 1.55 bits per heavy atom. The Morgan fingerprint density at radius 3 is 2.17 bits per heavy atom.